The lowest BCUT2D eigenvalue weighted by Gasteiger charge is -2.30. The van der Waals surface area contributed by atoms with E-state index in [1.807, 2.05) is 6.92 Å². The number of ether oxygens (including phenoxy) is 2. The molecule has 28 heavy (non-hydrogen) atoms. The molecule has 0 radical (unpaired) electrons. The number of carbonyl (C=O) groups excluding carboxylic acids is 1. The van der Waals surface area contributed by atoms with Crippen LogP contribution >= 0.6 is 11.6 Å². The summed E-state index contributed by atoms with van der Waals surface area (Å²) < 4.78 is 38.1. The fourth-order valence-electron chi connectivity index (χ4n) is 3.11. The molecule has 0 aliphatic carbocycles. The molecule has 3 rings (SSSR count). The van der Waals surface area contributed by atoms with Crippen LogP contribution in [0.3, 0.4) is 0 Å². The lowest BCUT2D eigenvalue weighted by Crippen LogP contribution is -2.43. The molecule has 2 aromatic rings. The van der Waals surface area contributed by atoms with Crippen LogP contribution in [0.2, 0.25) is 5.02 Å². The highest BCUT2D eigenvalue weighted by Crippen LogP contribution is 2.30. The van der Waals surface area contributed by atoms with Crippen LogP contribution < -0.4 is 9.47 Å². The topological polar surface area (TPSA) is 72.9 Å². The first-order valence-electron chi connectivity index (χ1n) is 9.11. The summed E-state index contributed by atoms with van der Waals surface area (Å²) in [6.45, 7) is 2.75. The molecule has 1 unspecified atom stereocenters. The Morgan fingerprint density at radius 2 is 1.82 bits per heavy atom. The summed E-state index contributed by atoms with van der Waals surface area (Å²) >= 11 is 5.84. The van der Waals surface area contributed by atoms with Crippen LogP contribution in [-0.4, -0.2) is 38.4 Å². The summed E-state index contributed by atoms with van der Waals surface area (Å²) in [5.74, 6) is -0.166. The highest BCUT2D eigenvalue weighted by molar-refractivity contribution is 7.89. The van der Waals surface area contributed by atoms with Gasteiger partial charge in [0.05, 0.1) is 17.4 Å². The molecule has 1 heterocycles. The smallest absolute Gasteiger partial charge is 0.315 e. The number of halogens is 1. The first-order valence-corrected chi connectivity index (χ1v) is 10.9. The van der Waals surface area contributed by atoms with E-state index in [9.17, 15) is 13.2 Å². The molecule has 0 saturated carbocycles. The molecule has 0 amide bonds. The fourth-order valence-corrected chi connectivity index (χ4v) is 4.76. The zero-order chi connectivity index (χ0) is 20.1. The standard InChI is InChI=1S/C20H22ClNO5S/c1-2-26-18-7-3-4-8-19(18)27-20(23)15-6-5-13-22(14-15)28(24,25)17-11-9-16(21)10-12-17/h3-4,7-12,15H,2,5-6,13-14H2,1H3. The maximum atomic E-state index is 12.9. The third-order valence-electron chi connectivity index (χ3n) is 4.53. The van der Waals surface area contributed by atoms with Gasteiger partial charge in [0.1, 0.15) is 0 Å². The van der Waals surface area contributed by atoms with Crippen LogP contribution in [0.25, 0.3) is 0 Å². The zero-order valence-corrected chi connectivity index (χ0v) is 17.1. The molecule has 1 atom stereocenters. The van der Waals surface area contributed by atoms with E-state index in [1.165, 1.54) is 28.6 Å². The molecule has 6 nitrogen and oxygen atoms in total. The lowest BCUT2D eigenvalue weighted by atomic mass is 10.00. The lowest BCUT2D eigenvalue weighted by molar-refractivity contribution is -0.140. The van der Waals surface area contributed by atoms with Gasteiger partial charge in [-0.05, 0) is 56.2 Å². The van der Waals surface area contributed by atoms with E-state index >= 15 is 0 Å². The molecule has 1 aliphatic heterocycles. The van der Waals surface area contributed by atoms with Gasteiger partial charge >= 0.3 is 5.97 Å². The highest BCUT2D eigenvalue weighted by atomic mass is 35.5. The molecular weight excluding hydrogens is 402 g/mol. The van der Waals surface area contributed by atoms with Gasteiger partial charge in [0.25, 0.3) is 0 Å². The third-order valence-corrected chi connectivity index (χ3v) is 6.66. The average Bonchev–Trinajstić information content (AvgIpc) is 2.70. The molecule has 2 aromatic carbocycles. The zero-order valence-electron chi connectivity index (χ0n) is 15.5. The molecule has 0 N–H and O–H groups in total. The van der Waals surface area contributed by atoms with Crippen LogP contribution in [0.15, 0.2) is 53.4 Å². The number of benzene rings is 2. The monoisotopic (exact) mass is 423 g/mol. The van der Waals surface area contributed by atoms with Crippen molar-refractivity contribution in [2.45, 2.75) is 24.7 Å². The van der Waals surface area contributed by atoms with E-state index in [4.69, 9.17) is 21.1 Å². The van der Waals surface area contributed by atoms with Gasteiger partial charge in [-0.25, -0.2) is 8.42 Å². The molecule has 1 fully saturated rings. The van der Waals surface area contributed by atoms with Gasteiger partial charge < -0.3 is 9.47 Å². The van der Waals surface area contributed by atoms with E-state index in [1.54, 1.807) is 24.3 Å². The largest absolute Gasteiger partial charge is 0.490 e. The Balaban J connectivity index is 1.72. The van der Waals surface area contributed by atoms with Crippen molar-refractivity contribution in [3.05, 3.63) is 53.6 Å². The van der Waals surface area contributed by atoms with Crippen molar-refractivity contribution >= 4 is 27.6 Å². The summed E-state index contributed by atoms with van der Waals surface area (Å²) in [4.78, 5) is 12.8. The average molecular weight is 424 g/mol. The molecule has 1 aliphatic rings. The quantitative estimate of drug-likeness (QED) is 0.522. The first-order chi connectivity index (χ1) is 13.4. The van der Waals surface area contributed by atoms with E-state index in [0.717, 1.165) is 0 Å². The summed E-state index contributed by atoms with van der Waals surface area (Å²) in [7, 11) is -3.69. The SMILES string of the molecule is CCOc1ccccc1OC(=O)C1CCCN(S(=O)(=O)c2ccc(Cl)cc2)C1. The minimum Gasteiger partial charge on any atom is -0.490 e. The van der Waals surface area contributed by atoms with Gasteiger partial charge in [-0.3, -0.25) is 4.79 Å². The van der Waals surface area contributed by atoms with Crippen molar-refractivity contribution in [1.29, 1.82) is 0 Å². The number of nitrogens with zero attached hydrogens (tertiary/aromatic N) is 1. The molecule has 150 valence electrons. The molecule has 0 spiro atoms. The molecule has 0 aromatic heterocycles. The summed E-state index contributed by atoms with van der Waals surface area (Å²) in [6, 6.07) is 12.9. The Morgan fingerprint density at radius 3 is 2.50 bits per heavy atom. The van der Waals surface area contributed by atoms with E-state index in [2.05, 4.69) is 0 Å². The van der Waals surface area contributed by atoms with Gasteiger partial charge in [-0.2, -0.15) is 4.31 Å². The van der Waals surface area contributed by atoms with Crippen LogP contribution in [0.5, 0.6) is 11.5 Å². The van der Waals surface area contributed by atoms with Crippen molar-refractivity contribution in [3.8, 4) is 11.5 Å². The fraction of sp³-hybridized carbons (Fsp3) is 0.350. The summed E-state index contributed by atoms with van der Waals surface area (Å²) in [5.41, 5.74) is 0. The Bertz CT molecular complexity index is 930. The minimum atomic E-state index is -3.69. The van der Waals surface area contributed by atoms with Gasteiger partial charge in [-0.15, -0.1) is 0 Å². The van der Waals surface area contributed by atoms with Gasteiger partial charge in [0.2, 0.25) is 10.0 Å². The van der Waals surface area contributed by atoms with Gasteiger partial charge in [0, 0.05) is 18.1 Å². The Kier molecular flexibility index (Phi) is 6.59. The van der Waals surface area contributed by atoms with E-state index in [0.29, 0.717) is 42.5 Å². The second-order valence-corrected chi connectivity index (χ2v) is 8.83. The Morgan fingerprint density at radius 1 is 1.14 bits per heavy atom. The summed E-state index contributed by atoms with van der Waals surface area (Å²) in [6.07, 6.45) is 1.15. The van der Waals surface area contributed by atoms with Crippen molar-refractivity contribution in [3.63, 3.8) is 0 Å². The van der Waals surface area contributed by atoms with Crippen LogP contribution in [0, 0.1) is 5.92 Å². The van der Waals surface area contributed by atoms with Crippen molar-refractivity contribution in [2.75, 3.05) is 19.7 Å². The van der Waals surface area contributed by atoms with Crippen molar-refractivity contribution in [2.24, 2.45) is 5.92 Å². The van der Waals surface area contributed by atoms with E-state index < -0.39 is 21.9 Å². The number of hydrogen-bond donors (Lipinski definition) is 0. The number of rotatable bonds is 6. The molecule has 1 saturated heterocycles. The van der Waals surface area contributed by atoms with Crippen LogP contribution in [0.4, 0.5) is 0 Å². The first kappa shape index (κ1) is 20.6. The number of hydrogen-bond acceptors (Lipinski definition) is 5. The van der Waals surface area contributed by atoms with Gasteiger partial charge in [-0.1, -0.05) is 23.7 Å². The Hall–Kier alpha value is -2.09. The minimum absolute atomic E-state index is 0.0839. The maximum Gasteiger partial charge on any atom is 0.315 e. The van der Waals surface area contributed by atoms with Crippen molar-refractivity contribution in [1.82, 2.24) is 4.31 Å². The molecule has 8 heteroatoms. The number of sulfonamides is 1. The van der Waals surface area contributed by atoms with Gasteiger partial charge in [0.15, 0.2) is 11.5 Å². The number of para-hydroxylation sites is 2. The second kappa shape index (κ2) is 8.94. The van der Waals surface area contributed by atoms with Crippen LogP contribution in [0.1, 0.15) is 19.8 Å². The predicted molar refractivity (Wildman–Crippen MR) is 106 cm³/mol. The number of carbonyl (C=O) groups is 1. The number of esters is 1. The number of piperidine rings is 1. The molecular formula is C20H22ClNO5S. The van der Waals surface area contributed by atoms with Crippen molar-refractivity contribution < 1.29 is 22.7 Å². The normalized spacial score (nSPS) is 17.9. The maximum absolute atomic E-state index is 12.9. The second-order valence-electron chi connectivity index (χ2n) is 6.46. The summed E-state index contributed by atoms with van der Waals surface area (Å²) in [5, 5.41) is 0.465. The highest BCUT2D eigenvalue weighted by Gasteiger charge is 2.34. The van der Waals surface area contributed by atoms with Crippen LogP contribution in [-0.2, 0) is 14.8 Å². The van der Waals surface area contributed by atoms with E-state index in [-0.39, 0.29) is 11.4 Å². The predicted octanol–water partition coefficient (Wildman–Crippen LogP) is 3.75. The molecule has 0 bridgehead atoms. The third kappa shape index (κ3) is 4.66. The Labute approximate surface area is 170 Å².